The van der Waals surface area contributed by atoms with Crippen LogP contribution in [-0.2, 0) is 62.1 Å². The van der Waals surface area contributed by atoms with Gasteiger partial charge in [0, 0.05) is 31.8 Å². The van der Waals surface area contributed by atoms with Crippen LogP contribution >= 0.6 is 60.1 Å². The molecule has 0 saturated carbocycles. The number of phenols is 4. The van der Waals surface area contributed by atoms with E-state index in [2.05, 4.69) is 64.8 Å². The minimum atomic E-state index is -1.14. The molecule has 4 heterocycles. The maximum atomic E-state index is 12.9. The van der Waals surface area contributed by atoms with Gasteiger partial charge in [-0.2, -0.15) is 0 Å². The number of furan rings is 2. The molecule has 2 aromatic heterocycles. The third-order valence-corrected chi connectivity index (χ3v) is 17.0. The second-order valence-electron chi connectivity index (χ2n) is 24.4. The van der Waals surface area contributed by atoms with Gasteiger partial charge in [-0.3, -0.25) is 19.2 Å². The molecule has 0 spiro atoms. The summed E-state index contributed by atoms with van der Waals surface area (Å²) in [6, 6.07) is 52.9. The molecule has 2 fully saturated rings. The zero-order valence-corrected chi connectivity index (χ0v) is 69.6. The molecule has 0 bridgehead atoms. The number of aromatic hydroxyl groups is 6. The van der Waals surface area contributed by atoms with Crippen LogP contribution in [0.1, 0.15) is 116 Å². The Hall–Kier alpha value is -10.6. The standard InChI is InChI=1S/C18H13FO6.C15H12BrFO3.C15H11FO3.C15H13FO3.C8H8O3.C7H6BrF.2C4H8O.CH4.2BrH.Cu/c1-23-18(22)16(21)17-15(20)13-8-12(6-7-14(13)25-17)24-9-10-2-4-11(19)5-3-10;16-8-15(19)13-7-12(5-6-14(13)18)20-9-10-1-3-11(17)4-2-10;16-11-3-1-10(2-4-11)8-18-12-5-6-15-13(7-12)14(17)9-19-15;1-10(17)14-8-13(6-7-15(14)18)19-9-11-2-4-12(16)5-3-11;1-5(9)7-4-6(10)2-3-8(7)11;8-5-6-1-3-7(9)4-2-6;2*1-2-4-5-3-1;;;;/h2-8,20H,9H2,1H3;1-7,18H,8-9H2;1-7,9,17H,8H2;2-8,18H,9H2,1H3;2-4,10-11H,1H3;1-4H,5H2;2*1-4H2;1H4;2*1H;/q;;;;;;;;;;;+2/p-2. The number of hydrogen-bond donors (Lipinski definition) is 6. The van der Waals surface area contributed by atoms with Crippen molar-refractivity contribution in [1.82, 2.24) is 0 Å². The first-order chi connectivity index (χ1) is 55.7. The molecule has 0 radical (unpaired) electrons. The molecule has 0 atom stereocenters. The van der Waals surface area contributed by atoms with E-state index in [-0.39, 0.29) is 135 Å². The van der Waals surface area contributed by atoms with E-state index >= 15 is 0 Å². The summed E-state index contributed by atoms with van der Waals surface area (Å²) in [6.45, 7) is 7.76. The molecule has 625 valence electrons. The van der Waals surface area contributed by atoms with Crippen LogP contribution in [0.15, 0.2) is 227 Å². The van der Waals surface area contributed by atoms with Crippen LogP contribution in [0.25, 0.3) is 21.9 Å². The average Bonchev–Trinajstić information content (AvgIpc) is 1.64. The molecule has 2 saturated heterocycles. The van der Waals surface area contributed by atoms with Gasteiger partial charge < -0.3 is 72.6 Å². The van der Waals surface area contributed by atoms with Crippen LogP contribution in [0.5, 0.6) is 57.5 Å². The Morgan fingerprint density at radius 3 is 1.10 bits per heavy atom. The number of ketones is 4. The number of carbonyl (C=O) groups excluding carboxylic acids is 5. The van der Waals surface area contributed by atoms with Crippen LogP contribution in [-0.4, -0.2) is 98.6 Å². The number of benzene rings is 10. The quantitative estimate of drug-likeness (QED) is 0.00834. The monoisotopic (exact) mass is 1920 g/mol. The normalized spacial score (nSPS) is 11.3. The van der Waals surface area contributed by atoms with Crippen LogP contribution in [0.3, 0.4) is 0 Å². The predicted molar refractivity (Wildman–Crippen MR) is 443 cm³/mol. The molecular weight excluding hydrogens is 1840 g/mol. The predicted octanol–water partition coefficient (Wildman–Crippen LogP) is 22.0. The summed E-state index contributed by atoms with van der Waals surface area (Å²) < 4.78 is 110. The van der Waals surface area contributed by atoms with Crippen molar-refractivity contribution in [2.45, 2.75) is 78.7 Å². The molecular formula is C87H83Br4CuF5O20. The number of halogens is 9. The number of esters is 1. The Bertz CT molecular complexity index is 5040. The maximum absolute atomic E-state index is 12.9. The van der Waals surface area contributed by atoms with E-state index < -0.39 is 23.3 Å². The van der Waals surface area contributed by atoms with Gasteiger partial charge in [-0.05, 0) is 219 Å². The number of rotatable bonds is 19. The van der Waals surface area contributed by atoms with E-state index in [9.17, 15) is 66.4 Å². The number of Topliss-reactive ketones (excluding diaryl/α,β-unsaturated/α-hetero) is 4. The second kappa shape index (κ2) is 52.2. The van der Waals surface area contributed by atoms with Gasteiger partial charge in [0.15, 0.2) is 28.8 Å². The summed E-state index contributed by atoms with van der Waals surface area (Å²) in [7, 11) is 1.06. The molecule has 117 heavy (non-hydrogen) atoms. The Morgan fingerprint density at radius 1 is 0.419 bits per heavy atom. The van der Waals surface area contributed by atoms with E-state index in [1.54, 1.807) is 97.1 Å². The van der Waals surface area contributed by atoms with Gasteiger partial charge in [0.1, 0.15) is 119 Å². The van der Waals surface area contributed by atoms with Gasteiger partial charge in [-0.25, -0.2) is 26.7 Å². The number of alkyl halides is 2. The minimum absolute atomic E-state index is 0. The Labute approximate surface area is 708 Å². The van der Waals surface area contributed by atoms with Crippen LogP contribution in [0.2, 0.25) is 0 Å². The first-order valence-electron chi connectivity index (χ1n) is 34.9. The zero-order valence-electron chi connectivity index (χ0n) is 62.3. The van der Waals surface area contributed by atoms with E-state index in [0.29, 0.717) is 40.6 Å². The molecule has 12 aromatic rings. The van der Waals surface area contributed by atoms with Gasteiger partial charge in [0.25, 0.3) is 0 Å². The Morgan fingerprint density at radius 2 is 0.752 bits per heavy atom. The first-order valence-corrected chi connectivity index (χ1v) is 41.8. The SMILES string of the molecule is C.C1CCOC1.C1CCOC1.CC(=O)c1cc(O)ccc1O.CC(=O)c1cc(OCc2ccc(F)cc2)ccc1O.COC(=O)C(=O)c1oc2ccc(OCc3ccc(F)cc3)cc2c1O.Fc1ccc(CBr)cc1.O=C(CBr)c1cc(OCc2ccc(F)cc2)ccc1O.Oc1coc2ccc(OCc3ccc(F)cc3)cc12.[Br][Cu][Br]. The van der Waals surface area contributed by atoms with Crippen LogP contribution in [0.4, 0.5) is 22.0 Å². The third-order valence-electron chi connectivity index (χ3n) is 15.8. The van der Waals surface area contributed by atoms with Crippen molar-refractivity contribution in [3.63, 3.8) is 0 Å². The van der Waals surface area contributed by atoms with Crippen LogP contribution in [0, 0.1) is 29.1 Å². The molecule has 20 nitrogen and oxygen atoms in total. The molecule has 0 aliphatic carbocycles. The summed E-state index contributed by atoms with van der Waals surface area (Å²) >= 11 is 13.7. The van der Waals surface area contributed by atoms with Gasteiger partial charge in [0.05, 0.1) is 39.9 Å². The van der Waals surface area contributed by atoms with E-state index in [0.717, 1.165) is 66.7 Å². The molecule has 6 N–H and O–H groups in total. The van der Waals surface area contributed by atoms with Crippen molar-refractivity contribution in [3.8, 4) is 57.5 Å². The summed E-state index contributed by atoms with van der Waals surface area (Å²) in [5.74, 6) is -3.49. The summed E-state index contributed by atoms with van der Waals surface area (Å²) in [6.07, 6.45) is 6.40. The molecule has 14 rings (SSSR count). The van der Waals surface area contributed by atoms with E-state index in [4.69, 9.17) is 47.5 Å². The number of fused-ring (bicyclic) bond motifs is 2. The molecule has 2 aliphatic rings. The number of hydrogen-bond acceptors (Lipinski definition) is 20. The molecule has 30 heteroatoms. The second-order valence-corrected chi connectivity index (χ2v) is 30.2. The average molecular weight is 1930 g/mol. The van der Waals surface area contributed by atoms with Gasteiger partial charge in [0.2, 0.25) is 5.76 Å². The van der Waals surface area contributed by atoms with Crippen molar-refractivity contribution in [1.29, 1.82) is 0 Å². The van der Waals surface area contributed by atoms with Gasteiger partial charge in [-0.1, -0.05) is 100.0 Å². The Balaban J connectivity index is 0.000000246. The van der Waals surface area contributed by atoms with Crippen LogP contribution < -0.4 is 18.9 Å². The number of phenolic OH excluding ortho intramolecular Hbond substituents is 4. The van der Waals surface area contributed by atoms with Crippen molar-refractivity contribution < 1.29 is 130 Å². The summed E-state index contributed by atoms with van der Waals surface area (Å²) in [5, 5.41) is 58.5. The first kappa shape index (κ1) is 97.0. The van der Waals surface area contributed by atoms with E-state index in [1.165, 1.54) is 172 Å². The number of ether oxygens (including phenoxy) is 7. The topological polar surface area (TPSA) is 298 Å². The summed E-state index contributed by atoms with van der Waals surface area (Å²) in [5.41, 5.74) is 5.76. The fourth-order valence-electron chi connectivity index (χ4n) is 9.75. The fraction of sp³-hybridized carbons (Fsp3) is 0.207. The molecule has 0 amide bonds. The third kappa shape index (κ3) is 34.3. The van der Waals surface area contributed by atoms with Crippen molar-refractivity contribution in [2.24, 2.45) is 0 Å². The van der Waals surface area contributed by atoms with E-state index in [1.807, 2.05) is 0 Å². The number of methoxy groups -OCH3 is 1. The van der Waals surface area contributed by atoms with Crippen molar-refractivity contribution in [2.75, 3.05) is 38.9 Å². The molecule has 10 aromatic carbocycles. The van der Waals surface area contributed by atoms with Crippen molar-refractivity contribution in [3.05, 3.63) is 298 Å². The number of carbonyl (C=O) groups is 5. The Kier molecular flexibility index (Phi) is 43.3. The molecule has 0 unspecified atom stereocenters. The zero-order chi connectivity index (χ0) is 84.5. The summed E-state index contributed by atoms with van der Waals surface area (Å²) in [4.78, 5) is 56.7. The van der Waals surface area contributed by atoms with Gasteiger partial charge in [-0.15, -0.1) is 0 Å². The fourth-order valence-corrected chi connectivity index (χ4v) is 10.4. The van der Waals surface area contributed by atoms with Gasteiger partial charge >= 0.3 is 51.3 Å². The van der Waals surface area contributed by atoms with Crippen molar-refractivity contribution >= 4 is 111 Å². The molecule has 2 aliphatic heterocycles.